The van der Waals surface area contributed by atoms with E-state index in [4.69, 9.17) is 16.6 Å². The van der Waals surface area contributed by atoms with Crippen LogP contribution < -0.4 is 5.69 Å². The van der Waals surface area contributed by atoms with Crippen LogP contribution in [0, 0.1) is 0 Å². The number of fused-ring (bicyclic) bond motifs is 1. The molecule has 4 aromatic rings. The second-order valence-electron chi connectivity index (χ2n) is 5.23. The molecule has 0 aliphatic carbocycles. The average molecular weight is 326 g/mol. The van der Waals surface area contributed by atoms with Crippen molar-refractivity contribution in [2.45, 2.75) is 0 Å². The molecule has 0 radical (unpaired) electrons. The molecular weight excluding hydrogens is 314 g/mol. The average Bonchev–Trinajstić information content (AvgIpc) is 3.14. The Morgan fingerprint density at radius 1 is 1.13 bits per heavy atom. The lowest BCUT2D eigenvalue weighted by molar-refractivity contribution is 0.768. The molecule has 0 unspecified atom stereocenters. The molecule has 0 aliphatic heterocycles. The van der Waals surface area contributed by atoms with E-state index in [9.17, 15) is 4.79 Å². The molecular formula is C16H12ClN5O. The monoisotopic (exact) mass is 325 g/mol. The van der Waals surface area contributed by atoms with Gasteiger partial charge in [0.2, 0.25) is 0 Å². The molecule has 0 spiro atoms. The highest BCUT2D eigenvalue weighted by atomic mass is 35.5. The van der Waals surface area contributed by atoms with Crippen LogP contribution >= 0.6 is 11.6 Å². The van der Waals surface area contributed by atoms with Crippen molar-refractivity contribution in [2.24, 2.45) is 7.05 Å². The van der Waals surface area contributed by atoms with Crippen molar-refractivity contribution in [1.29, 1.82) is 0 Å². The summed E-state index contributed by atoms with van der Waals surface area (Å²) >= 11 is 5.94. The number of hydrogen-bond donors (Lipinski definition) is 1. The van der Waals surface area contributed by atoms with Crippen molar-refractivity contribution in [3.8, 4) is 22.5 Å². The van der Waals surface area contributed by atoms with E-state index in [0.29, 0.717) is 21.9 Å². The molecule has 3 aromatic heterocycles. The molecule has 114 valence electrons. The summed E-state index contributed by atoms with van der Waals surface area (Å²) in [6.45, 7) is 0. The summed E-state index contributed by atoms with van der Waals surface area (Å²) in [5.74, 6) is 0. The number of H-pyrrole nitrogens is 1. The lowest BCUT2D eigenvalue weighted by Crippen LogP contribution is -2.10. The third-order valence-electron chi connectivity index (χ3n) is 3.66. The minimum Gasteiger partial charge on any atom is -0.312 e. The first-order valence-corrected chi connectivity index (χ1v) is 7.35. The number of aryl methyl sites for hydroxylation is 1. The van der Waals surface area contributed by atoms with Gasteiger partial charge >= 0.3 is 5.69 Å². The Labute approximate surface area is 136 Å². The minimum absolute atomic E-state index is 0.206. The number of nitrogens with zero attached hydrogens (tertiary/aromatic N) is 4. The van der Waals surface area contributed by atoms with Crippen molar-refractivity contribution < 1.29 is 0 Å². The fourth-order valence-electron chi connectivity index (χ4n) is 2.53. The topological polar surface area (TPSA) is 68.0 Å². The van der Waals surface area contributed by atoms with Gasteiger partial charge in [-0.2, -0.15) is 5.10 Å². The molecule has 0 amide bonds. The van der Waals surface area contributed by atoms with Crippen LogP contribution in [0.4, 0.5) is 0 Å². The number of aromatic amines is 1. The first-order valence-electron chi connectivity index (χ1n) is 6.97. The summed E-state index contributed by atoms with van der Waals surface area (Å²) in [6.07, 6.45) is 6.97. The number of benzene rings is 1. The summed E-state index contributed by atoms with van der Waals surface area (Å²) in [4.78, 5) is 19.5. The zero-order chi connectivity index (χ0) is 16.0. The molecule has 0 atom stereocenters. The first kappa shape index (κ1) is 13.8. The minimum atomic E-state index is -0.206. The Morgan fingerprint density at radius 2 is 1.91 bits per heavy atom. The number of rotatable bonds is 2. The number of imidazole rings is 1. The van der Waals surface area contributed by atoms with Gasteiger partial charge in [0.15, 0.2) is 0 Å². The van der Waals surface area contributed by atoms with Crippen LogP contribution in [0.3, 0.4) is 0 Å². The molecule has 0 bridgehead atoms. The van der Waals surface area contributed by atoms with E-state index in [-0.39, 0.29) is 5.69 Å². The van der Waals surface area contributed by atoms with Gasteiger partial charge in [0.1, 0.15) is 0 Å². The highest BCUT2D eigenvalue weighted by Gasteiger charge is 2.13. The number of halogens is 1. The van der Waals surface area contributed by atoms with Gasteiger partial charge in [-0.1, -0.05) is 23.7 Å². The van der Waals surface area contributed by atoms with Crippen LogP contribution in [0.15, 0.2) is 53.8 Å². The summed E-state index contributed by atoms with van der Waals surface area (Å²) in [5, 5.41) is 4.84. The SMILES string of the molecule is Cn1cc(-c2nc(-c3ccc(Cl)cc3)cn3c(=O)[nH]cc23)cn1. The Morgan fingerprint density at radius 3 is 2.61 bits per heavy atom. The van der Waals surface area contributed by atoms with E-state index in [1.54, 1.807) is 39.8 Å². The summed E-state index contributed by atoms with van der Waals surface area (Å²) in [5.41, 5.74) is 3.62. The van der Waals surface area contributed by atoms with Crippen molar-refractivity contribution in [3.63, 3.8) is 0 Å². The predicted molar refractivity (Wildman–Crippen MR) is 88.5 cm³/mol. The molecule has 3 heterocycles. The fourth-order valence-corrected chi connectivity index (χ4v) is 2.66. The largest absolute Gasteiger partial charge is 0.330 e. The Kier molecular flexibility index (Phi) is 3.06. The lowest BCUT2D eigenvalue weighted by Gasteiger charge is -2.06. The van der Waals surface area contributed by atoms with Gasteiger partial charge in [0, 0.05) is 41.8 Å². The first-order chi connectivity index (χ1) is 11.1. The molecule has 1 N–H and O–H groups in total. The van der Waals surface area contributed by atoms with E-state index < -0.39 is 0 Å². The van der Waals surface area contributed by atoms with E-state index in [1.165, 1.54) is 0 Å². The zero-order valence-corrected chi connectivity index (χ0v) is 12.9. The summed E-state index contributed by atoms with van der Waals surface area (Å²) in [7, 11) is 1.84. The molecule has 0 saturated carbocycles. The zero-order valence-electron chi connectivity index (χ0n) is 12.2. The standard InChI is InChI=1S/C16H12ClN5O/c1-21-8-11(6-19-21)15-14-7-18-16(23)22(14)9-13(20-15)10-2-4-12(17)5-3-10/h2-9H,1H3,(H,18,23). The van der Waals surface area contributed by atoms with Gasteiger partial charge in [0.05, 0.1) is 23.1 Å². The van der Waals surface area contributed by atoms with Crippen LogP contribution in [0.1, 0.15) is 0 Å². The molecule has 0 aliphatic rings. The van der Waals surface area contributed by atoms with E-state index in [0.717, 1.165) is 11.1 Å². The molecule has 0 saturated heterocycles. The lowest BCUT2D eigenvalue weighted by atomic mass is 10.1. The molecule has 6 nitrogen and oxygen atoms in total. The highest BCUT2D eigenvalue weighted by molar-refractivity contribution is 6.30. The third-order valence-corrected chi connectivity index (χ3v) is 3.91. The molecule has 7 heteroatoms. The Hall–Kier alpha value is -2.86. The van der Waals surface area contributed by atoms with Gasteiger partial charge < -0.3 is 4.98 Å². The van der Waals surface area contributed by atoms with Crippen LogP contribution in [0.2, 0.25) is 5.02 Å². The van der Waals surface area contributed by atoms with Crippen molar-refractivity contribution >= 4 is 17.1 Å². The van der Waals surface area contributed by atoms with Gasteiger partial charge in [-0.3, -0.25) is 9.08 Å². The van der Waals surface area contributed by atoms with Gasteiger partial charge in [-0.25, -0.2) is 9.78 Å². The fraction of sp³-hybridized carbons (Fsp3) is 0.0625. The third kappa shape index (κ3) is 2.33. The Balaban J connectivity index is 2.01. The van der Waals surface area contributed by atoms with Crippen LogP contribution in [0.5, 0.6) is 0 Å². The molecule has 0 fully saturated rings. The second-order valence-corrected chi connectivity index (χ2v) is 5.67. The van der Waals surface area contributed by atoms with Crippen molar-refractivity contribution in [3.05, 3.63) is 64.6 Å². The van der Waals surface area contributed by atoms with Gasteiger partial charge in [-0.05, 0) is 12.1 Å². The number of hydrogen-bond acceptors (Lipinski definition) is 3. The maximum Gasteiger partial charge on any atom is 0.330 e. The summed E-state index contributed by atoms with van der Waals surface area (Å²) < 4.78 is 3.26. The smallest absolute Gasteiger partial charge is 0.312 e. The van der Waals surface area contributed by atoms with Crippen LogP contribution in [0.25, 0.3) is 28.0 Å². The maximum absolute atomic E-state index is 12.0. The van der Waals surface area contributed by atoms with E-state index in [2.05, 4.69) is 10.1 Å². The number of nitrogens with one attached hydrogen (secondary N) is 1. The molecule has 23 heavy (non-hydrogen) atoms. The Bertz CT molecular complexity index is 1060. The number of aromatic nitrogens is 5. The quantitative estimate of drug-likeness (QED) is 0.616. The van der Waals surface area contributed by atoms with Crippen LogP contribution in [-0.4, -0.2) is 24.1 Å². The van der Waals surface area contributed by atoms with E-state index >= 15 is 0 Å². The van der Waals surface area contributed by atoms with Crippen LogP contribution in [-0.2, 0) is 7.05 Å². The van der Waals surface area contributed by atoms with Gasteiger partial charge in [-0.15, -0.1) is 0 Å². The van der Waals surface area contributed by atoms with Gasteiger partial charge in [0.25, 0.3) is 0 Å². The van der Waals surface area contributed by atoms with Crippen molar-refractivity contribution in [2.75, 3.05) is 0 Å². The summed E-state index contributed by atoms with van der Waals surface area (Å²) in [6, 6.07) is 7.35. The molecule has 1 aromatic carbocycles. The highest BCUT2D eigenvalue weighted by Crippen LogP contribution is 2.26. The maximum atomic E-state index is 12.0. The van der Waals surface area contributed by atoms with E-state index in [1.807, 2.05) is 25.4 Å². The second kappa shape index (κ2) is 5.10. The van der Waals surface area contributed by atoms with Crippen molar-refractivity contribution in [1.82, 2.24) is 24.1 Å². The normalized spacial score (nSPS) is 11.2. The predicted octanol–water partition coefficient (Wildman–Crippen LogP) is 2.74. The molecule has 4 rings (SSSR count).